The summed E-state index contributed by atoms with van der Waals surface area (Å²) in [7, 11) is 2.05. The minimum Gasteiger partial charge on any atom is -0.375 e. The zero-order valence-electron chi connectivity index (χ0n) is 8.46. The maximum atomic E-state index is 5.43. The van der Waals surface area contributed by atoms with Crippen molar-refractivity contribution in [3.8, 4) is 0 Å². The summed E-state index contributed by atoms with van der Waals surface area (Å²) in [6.07, 6.45) is 0.251. The fourth-order valence-electron chi connectivity index (χ4n) is 1.46. The molecule has 1 rings (SSSR count). The zero-order valence-corrected chi connectivity index (χ0v) is 9.27. The summed E-state index contributed by atoms with van der Waals surface area (Å²) in [4.78, 5) is 2.17. The molecule has 5 heteroatoms. The van der Waals surface area contributed by atoms with Crippen molar-refractivity contribution in [1.29, 1.82) is 0 Å². The van der Waals surface area contributed by atoms with E-state index in [4.69, 9.17) is 18.0 Å². The predicted molar refractivity (Wildman–Crippen MR) is 57.4 cm³/mol. The summed E-state index contributed by atoms with van der Waals surface area (Å²) in [5.41, 5.74) is 10.8. The predicted octanol–water partition coefficient (Wildman–Crippen LogP) is 0.579. The Morgan fingerprint density at radius 2 is 2.00 bits per heavy atom. The Kier molecular flexibility index (Phi) is 2.66. The number of nitrogens with zero attached hydrogens (tertiary/aromatic N) is 2. The SMILES string of the molecule is CC1=C(C)N(NC(N)=S)C(C)N1C. The minimum absolute atomic E-state index is 0.251. The molecular formula is C8H16N4S. The maximum Gasteiger partial charge on any atom is 0.182 e. The van der Waals surface area contributed by atoms with Crippen LogP contribution in [0.1, 0.15) is 20.8 Å². The molecule has 1 atom stereocenters. The second-order valence-corrected chi connectivity index (χ2v) is 3.70. The summed E-state index contributed by atoms with van der Waals surface area (Å²) in [6, 6.07) is 0. The van der Waals surface area contributed by atoms with Gasteiger partial charge in [0.25, 0.3) is 0 Å². The van der Waals surface area contributed by atoms with Crippen molar-refractivity contribution in [2.75, 3.05) is 7.05 Å². The zero-order chi connectivity index (χ0) is 10.2. The van der Waals surface area contributed by atoms with Gasteiger partial charge in [-0.1, -0.05) is 0 Å². The van der Waals surface area contributed by atoms with E-state index in [1.165, 1.54) is 5.70 Å². The van der Waals surface area contributed by atoms with E-state index in [0.717, 1.165) is 5.70 Å². The van der Waals surface area contributed by atoms with Gasteiger partial charge in [-0.15, -0.1) is 0 Å². The van der Waals surface area contributed by atoms with Crippen molar-refractivity contribution in [1.82, 2.24) is 15.3 Å². The van der Waals surface area contributed by atoms with Crippen molar-refractivity contribution in [2.45, 2.75) is 26.9 Å². The number of nitrogens with two attached hydrogens (primary N) is 1. The third-order valence-corrected chi connectivity index (χ3v) is 2.67. The van der Waals surface area contributed by atoms with Crippen LogP contribution in [0.5, 0.6) is 0 Å². The fraction of sp³-hybridized carbons (Fsp3) is 0.625. The number of rotatable bonds is 1. The molecule has 0 amide bonds. The Labute approximate surface area is 84.3 Å². The summed E-state index contributed by atoms with van der Waals surface area (Å²) >= 11 is 4.80. The number of hydrogen-bond acceptors (Lipinski definition) is 3. The van der Waals surface area contributed by atoms with Crippen LogP contribution >= 0.6 is 12.2 Å². The van der Waals surface area contributed by atoms with Crippen LogP contribution < -0.4 is 11.2 Å². The largest absolute Gasteiger partial charge is 0.375 e. The normalized spacial score (nSPS) is 22.6. The van der Waals surface area contributed by atoms with Crippen LogP contribution in [-0.4, -0.2) is 28.2 Å². The van der Waals surface area contributed by atoms with Gasteiger partial charge in [0.2, 0.25) is 0 Å². The topological polar surface area (TPSA) is 44.5 Å². The lowest BCUT2D eigenvalue weighted by atomic mass is 10.4. The lowest BCUT2D eigenvalue weighted by Crippen LogP contribution is -2.49. The monoisotopic (exact) mass is 200 g/mol. The molecule has 13 heavy (non-hydrogen) atoms. The Bertz CT molecular complexity index is 261. The van der Waals surface area contributed by atoms with E-state index in [9.17, 15) is 0 Å². The first-order chi connectivity index (χ1) is 5.95. The molecule has 0 aromatic carbocycles. The number of hydrazine groups is 1. The first-order valence-electron chi connectivity index (χ1n) is 4.20. The van der Waals surface area contributed by atoms with Crippen LogP contribution in [0, 0.1) is 0 Å². The van der Waals surface area contributed by atoms with Gasteiger partial charge in [0.15, 0.2) is 5.11 Å². The minimum atomic E-state index is 0.251. The molecule has 0 bridgehead atoms. The number of thiocarbonyl (C=S) groups is 1. The smallest absolute Gasteiger partial charge is 0.182 e. The molecule has 0 aliphatic carbocycles. The summed E-state index contributed by atoms with van der Waals surface area (Å²) in [6.45, 7) is 6.21. The van der Waals surface area contributed by atoms with Gasteiger partial charge in [-0.3, -0.25) is 10.4 Å². The molecule has 74 valence electrons. The molecule has 0 saturated heterocycles. The lowest BCUT2D eigenvalue weighted by Gasteiger charge is -2.29. The van der Waals surface area contributed by atoms with Crippen molar-refractivity contribution in [2.24, 2.45) is 5.73 Å². The highest BCUT2D eigenvalue weighted by Gasteiger charge is 2.28. The Hall–Kier alpha value is -0.970. The van der Waals surface area contributed by atoms with E-state index in [2.05, 4.69) is 24.2 Å². The number of allylic oxidation sites excluding steroid dienone is 2. The van der Waals surface area contributed by atoms with E-state index in [-0.39, 0.29) is 6.17 Å². The second-order valence-electron chi connectivity index (χ2n) is 3.26. The fourth-order valence-corrected chi connectivity index (χ4v) is 1.56. The number of hydrogen-bond donors (Lipinski definition) is 2. The van der Waals surface area contributed by atoms with Gasteiger partial charge in [0.05, 0.1) is 5.70 Å². The Balaban J connectivity index is 2.82. The molecule has 0 fully saturated rings. The highest BCUT2D eigenvalue weighted by molar-refractivity contribution is 7.80. The molecule has 1 aliphatic heterocycles. The second kappa shape index (κ2) is 3.41. The number of nitrogens with one attached hydrogen (secondary N) is 1. The van der Waals surface area contributed by atoms with E-state index in [1.807, 2.05) is 19.0 Å². The van der Waals surface area contributed by atoms with Gasteiger partial charge in [-0.25, -0.2) is 0 Å². The quantitative estimate of drug-likeness (QED) is 0.606. The van der Waals surface area contributed by atoms with Gasteiger partial charge < -0.3 is 10.6 Å². The van der Waals surface area contributed by atoms with E-state index < -0.39 is 0 Å². The van der Waals surface area contributed by atoms with Crippen LogP contribution in [-0.2, 0) is 0 Å². The molecule has 4 nitrogen and oxygen atoms in total. The van der Waals surface area contributed by atoms with Crippen LogP contribution in [0.15, 0.2) is 11.4 Å². The lowest BCUT2D eigenvalue weighted by molar-refractivity contribution is 0.154. The molecule has 0 spiro atoms. The highest BCUT2D eigenvalue weighted by Crippen LogP contribution is 2.24. The third-order valence-electron chi connectivity index (χ3n) is 2.58. The van der Waals surface area contributed by atoms with Gasteiger partial charge in [0.1, 0.15) is 6.17 Å². The molecule has 1 unspecified atom stereocenters. The standard InChI is InChI=1S/C8H16N4S/c1-5-6(2)12(10-8(9)13)7(3)11(5)4/h7H,1-4H3,(H3,9,10,13). The average Bonchev–Trinajstić information content (AvgIpc) is 2.22. The van der Waals surface area contributed by atoms with Gasteiger partial charge in [-0.05, 0) is 33.0 Å². The Morgan fingerprint density at radius 3 is 2.31 bits per heavy atom. The molecule has 1 heterocycles. The maximum absolute atomic E-state index is 5.43. The average molecular weight is 200 g/mol. The summed E-state index contributed by atoms with van der Waals surface area (Å²) in [5.74, 6) is 0. The van der Waals surface area contributed by atoms with Crippen molar-refractivity contribution >= 4 is 17.3 Å². The van der Waals surface area contributed by atoms with Gasteiger partial charge >= 0.3 is 0 Å². The van der Waals surface area contributed by atoms with Crippen molar-refractivity contribution in [3.63, 3.8) is 0 Å². The van der Waals surface area contributed by atoms with Crippen LogP contribution in [0.25, 0.3) is 0 Å². The first kappa shape index (κ1) is 10.1. The molecular weight excluding hydrogens is 184 g/mol. The molecule has 0 radical (unpaired) electrons. The van der Waals surface area contributed by atoms with Gasteiger partial charge in [0, 0.05) is 12.7 Å². The van der Waals surface area contributed by atoms with Crippen molar-refractivity contribution < 1.29 is 0 Å². The van der Waals surface area contributed by atoms with Crippen LogP contribution in [0.3, 0.4) is 0 Å². The highest BCUT2D eigenvalue weighted by atomic mass is 32.1. The summed E-state index contributed by atoms with van der Waals surface area (Å²) < 4.78 is 0. The molecule has 0 aromatic heterocycles. The molecule has 0 saturated carbocycles. The summed E-state index contributed by atoms with van der Waals surface area (Å²) in [5, 5.41) is 2.27. The van der Waals surface area contributed by atoms with E-state index in [0.29, 0.717) is 5.11 Å². The first-order valence-corrected chi connectivity index (χ1v) is 4.61. The van der Waals surface area contributed by atoms with Crippen molar-refractivity contribution in [3.05, 3.63) is 11.4 Å². The molecule has 0 aromatic rings. The van der Waals surface area contributed by atoms with E-state index in [1.54, 1.807) is 0 Å². The van der Waals surface area contributed by atoms with Gasteiger partial charge in [-0.2, -0.15) is 0 Å². The third kappa shape index (κ3) is 1.70. The van der Waals surface area contributed by atoms with Crippen LogP contribution in [0.4, 0.5) is 0 Å². The van der Waals surface area contributed by atoms with Crippen LogP contribution in [0.2, 0.25) is 0 Å². The molecule has 3 N–H and O–H groups in total. The Morgan fingerprint density at radius 1 is 1.46 bits per heavy atom. The molecule has 1 aliphatic rings. The van der Waals surface area contributed by atoms with E-state index >= 15 is 0 Å².